The van der Waals surface area contributed by atoms with Gasteiger partial charge in [-0.3, -0.25) is 4.99 Å². The zero-order valence-electron chi connectivity index (χ0n) is 17.6. The lowest BCUT2D eigenvalue weighted by Gasteiger charge is -2.19. The van der Waals surface area contributed by atoms with E-state index >= 15 is 0 Å². The molecule has 0 fully saturated rings. The summed E-state index contributed by atoms with van der Waals surface area (Å²) in [5.41, 5.74) is 3.52. The van der Waals surface area contributed by atoms with Crippen LogP contribution in [0.25, 0.3) is 0 Å². The Kier molecular flexibility index (Phi) is 7.99. The van der Waals surface area contributed by atoms with Crippen molar-refractivity contribution in [3.8, 4) is 17.2 Å². The largest absolute Gasteiger partial charge is 0.493 e. The summed E-state index contributed by atoms with van der Waals surface area (Å²) in [7, 11) is 6.59. The van der Waals surface area contributed by atoms with Crippen molar-refractivity contribution >= 4 is 5.96 Å². The minimum atomic E-state index is 0.370. The minimum absolute atomic E-state index is 0.370. The van der Waals surface area contributed by atoms with Gasteiger partial charge in [-0.2, -0.15) is 0 Å². The van der Waals surface area contributed by atoms with Gasteiger partial charge >= 0.3 is 0 Å². The Morgan fingerprint density at radius 1 is 0.929 bits per heavy atom. The fourth-order valence-electron chi connectivity index (χ4n) is 2.96. The Morgan fingerprint density at radius 2 is 1.61 bits per heavy atom. The van der Waals surface area contributed by atoms with E-state index in [1.807, 2.05) is 12.1 Å². The summed E-state index contributed by atoms with van der Waals surface area (Å²) in [6.45, 7) is 5.62. The molecule has 1 atom stereocenters. The maximum atomic E-state index is 5.54. The first-order chi connectivity index (χ1) is 13.5. The standard InChI is InChI=1S/C22H31N3O3/c1-15-7-9-17(10-8-15)16(2)13-24-22(23-3)25-14-18-11-12-19(26-4)21(28-6)20(18)27-5/h7-12,16H,13-14H2,1-6H3,(H2,23,24,25). The van der Waals surface area contributed by atoms with Gasteiger partial charge in [-0.15, -0.1) is 0 Å². The molecule has 0 amide bonds. The predicted molar refractivity (Wildman–Crippen MR) is 114 cm³/mol. The molecule has 0 bridgehead atoms. The van der Waals surface area contributed by atoms with E-state index in [1.165, 1.54) is 11.1 Å². The number of ether oxygens (including phenoxy) is 3. The first-order valence-electron chi connectivity index (χ1n) is 9.32. The summed E-state index contributed by atoms with van der Waals surface area (Å²) in [6, 6.07) is 12.5. The zero-order chi connectivity index (χ0) is 20.5. The lowest BCUT2D eigenvalue weighted by Crippen LogP contribution is -2.38. The van der Waals surface area contributed by atoms with Gasteiger partial charge in [0.25, 0.3) is 0 Å². The van der Waals surface area contributed by atoms with E-state index in [2.05, 4.69) is 53.7 Å². The number of rotatable bonds is 8. The van der Waals surface area contributed by atoms with Crippen LogP contribution >= 0.6 is 0 Å². The van der Waals surface area contributed by atoms with Crippen LogP contribution in [0.4, 0.5) is 0 Å². The van der Waals surface area contributed by atoms with Crippen LogP contribution in [-0.2, 0) is 6.54 Å². The van der Waals surface area contributed by atoms with Gasteiger partial charge in [-0.05, 0) is 30.5 Å². The molecule has 6 nitrogen and oxygen atoms in total. The summed E-state index contributed by atoms with van der Waals surface area (Å²) in [5, 5.41) is 6.71. The molecule has 28 heavy (non-hydrogen) atoms. The maximum Gasteiger partial charge on any atom is 0.203 e. The molecule has 2 N–H and O–H groups in total. The lowest BCUT2D eigenvalue weighted by atomic mass is 10.0. The number of methoxy groups -OCH3 is 3. The van der Waals surface area contributed by atoms with Gasteiger partial charge in [0.2, 0.25) is 5.75 Å². The van der Waals surface area contributed by atoms with E-state index in [4.69, 9.17) is 14.2 Å². The second-order valence-electron chi connectivity index (χ2n) is 6.61. The van der Waals surface area contributed by atoms with Crippen molar-refractivity contribution in [3.63, 3.8) is 0 Å². The average molecular weight is 386 g/mol. The summed E-state index contributed by atoms with van der Waals surface area (Å²) in [4.78, 5) is 4.31. The molecule has 0 spiro atoms. The molecule has 6 heteroatoms. The number of guanidine groups is 1. The third-order valence-corrected chi connectivity index (χ3v) is 4.68. The van der Waals surface area contributed by atoms with E-state index in [9.17, 15) is 0 Å². The highest BCUT2D eigenvalue weighted by Crippen LogP contribution is 2.39. The molecule has 0 aliphatic heterocycles. The number of hydrogen-bond acceptors (Lipinski definition) is 4. The topological polar surface area (TPSA) is 64.1 Å². The Bertz CT molecular complexity index is 788. The van der Waals surface area contributed by atoms with E-state index in [-0.39, 0.29) is 0 Å². The molecule has 152 valence electrons. The normalized spacial score (nSPS) is 12.3. The van der Waals surface area contributed by atoms with Crippen LogP contribution in [-0.4, -0.2) is 40.9 Å². The quantitative estimate of drug-likeness (QED) is 0.538. The summed E-state index contributed by atoms with van der Waals surface area (Å²) >= 11 is 0. The fraction of sp³-hybridized carbons (Fsp3) is 0.409. The molecule has 0 saturated carbocycles. The molecule has 2 rings (SSSR count). The molecule has 0 aromatic heterocycles. The van der Waals surface area contributed by atoms with E-state index in [0.29, 0.717) is 29.7 Å². The molecule has 0 heterocycles. The van der Waals surface area contributed by atoms with Crippen molar-refractivity contribution in [2.75, 3.05) is 34.9 Å². The molecule has 1 unspecified atom stereocenters. The summed E-state index contributed by atoms with van der Waals surface area (Å²) < 4.78 is 16.3. The van der Waals surface area contributed by atoms with Crippen LogP contribution in [0.5, 0.6) is 17.2 Å². The van der Waals surface area contributed by atoms with Gasteiger partial charge in [0.15, 0.2) is 17.5 Å². The van der Waals surface area contributed by atoms with Crippen LogP contribution < -0.4 is 24.8 Å². The Balaban J connectivity index is 1.99. The molecular weight excluding hydrogens is 354 g/mol. The molecule has 2 aromatic carbocycles. The third-order valence-electron chi connectivity index (χ3n) is 4.68. The smallest absolute Gasteiger partial charge is 0.203 e. The fourth-order valence-corrected chi connectivity index (χ4v) is 2.96. The molecule has 0 aliphatic rings. The van der Waals surface area contributed by atoms with Crippen LogP contribution in [0.1, 0.15) is 29.5 Å². The number of aliphatic imine (C=N–C) groups is 1. The monoisotopic (exact) mass is 385 g/mol. The number of hydrogen-bond donors (Lipinski definition) is 2. The summed E-state index contributed by atoms with van der Waals surface area (Å²) in [6.07, 6.45) is 0. The number of nitrogens with one attached hydrogen (secondary N) is 2. The highest BCUT2D eigenvalue weighted by Gasteiger charge is 2.16. The van der Waals surface area contributed by atoms with E-state index in [0.717, 1.165) is 18.1 Å². The number of nitrogens with zero attached hydrogens (tertiary/aromatic N) is 1. The van der Waals surface area contributed by atoms with Crippen molar-refractivity contribution in [2.24, 2.45) is 4.99 Å². The maximum absolute atomic E-state index is 5.54. The highest BCUT2D eigenvalue weighted by molar-refractivity contribution is 5.79. The Labute approximate surface area is 167 Å². The Hall–Kier alpha value is -2.89. The van der Waals surface area contributed by atoms with Gasteiger partial charge in [-0.1, -0.05) is 36.8 Å². The Morgan fingerprint density at radius 3 is 2.18 bits per heavy atom. The number of aryl methyl sites for hydroxylation is 1. The molecule has 0 radical (unpaired) electrons. The van der Waals surface area contributed by atoms with E-state index < -0.39 is 0 Å². The first kappa shape index (κ1) is 21.4. The van der Waals surface area contributed by atoms with Gasteiger partial charge < -0.3 is 24.8 Å². The minimum Gasteiger partial charge on any atom is -0.493 e. The van der Waals surface area contributed by atoms with E-state index in [1.54, 1.807) is 28.4 Å². The average Bonchev–Trinajstić information content (AvgIpc) is 2.73. The molecule has 2 aromatic rings. The van der Waals surface area contributed by atoms with Crippen molar-refractivity contribution in [3.05, 3.63) is 53.1 Å². The first-order valence-corrected chi connectivity index (χ1v) is 9.32. The zero-order valence-corrected chi connectivity index (χ0v) is 17.6. The molecular formula is C22H31N3O3. The second-order valence-corrected chi connectivity index (χ2v) is 6.61. The SMILES string of the molecule is CN=C(NCc1ccc(OC)c(OC)c1OC)NCC(C)c1ccc(C)cc1. The molecule has 0 aliphatic carbocycles. The van der Waals surface area contributed by atoms with Crippen molar-refractivity contribution in [1.82, 2.24) is 10.6 Å². The van der Waals surface area contributed by atoms with Crippen LogP contribution in [0.3, 0.4) is 0 Å². The number of benzene rings is 2. The van der Waals surface area contributed by atoms with Gasteiger partial charge in [-0.25, -0.2) is 0 Å². The van der Waals surface area contributed by atoms with Gasteiger partial charge in [0, 0.05) is 25.7 Å². The van der Waals surface area contributed by atoms with Crippen molar-refractivity contribution < 1.29 is 14.2 Å². The van der Waals surface area contributed by atoms with Crippen molar-refractivity contribution in [1.29, 1.82) is 0 Å². The van der Waals surface area contributed by atoms with Gasteiger partial charge in [0.05, 0.1) is 21.3 Å². The van der Waals surface area contributed by atoms with Crippen LogP contribution in [0, 0.1) is 6.92 Å². The molecule has 0 saturated heterocycles. The highest BCUT2D eigenvalue weighted by atomic mass is 16.5. The third kappa shape index (κ3) is 5.31. The van der Waals surface area contributed by atoms with Gasteiger partial charge in [0.1, 0.15) is 0 Å². The predicted octanol–water partition coefficient (Wildman–Crippen LogP) is 3.49. The summed E-state index contributed by atoms with van der Waals surface area (Å²) in [5.74, 6) is 2.97. The lowest BCUT2D eigenvalue weighted by molar-refractivity contribution is 0.322. The van der Waals surface area contributed by atoms with Crippen LogP contribution in [0.15, 0.2) is 41.4 Å². The van der Waals surface area contributed by atoms with Crippen molar-refractivity contribution in [2.45, 2.75) is 26.3 Å². The second kappa shape index (κ2) is 10.4. The van der Waals surface area contributed by atoms with Crippen LogP contribution in [0.2, 0.25) is 0 Å².